The summed E-state index contributed by atoms with van der Waals surface area (Å²) < 4.78 is 0. The van der Waals surface area contributed by atoms with Gasteiger partial charge in [-0.05, 0) is 32.4 Å². The van der Waals surface area contributed by atoms with E-state index in [1.165, 1.54) is 0 Å². The standard InChI is InChI=1S/C12H23N5/c1-5-10-11(6-2)16-17-12(15-10)14-8-9(3)7-13-4/h9,13H,5-8H2,1-4H3,(H,14,15,17). The Hall–Kier alpha value is -1.23. The first-order chi connectivity index (χ1) is 8.21. The van der Waals surface area contributed by atoms with Crippen LogP contribution in [0, 0.1) is 5.92 Å². The van der Waals surface area contributed by atoms with E-state index in [-0.39, 0.29) is 0 Å². The minimum atomic E-state index is 0.541. The molecule has 1 rings (SSSR count). The third-order valence-corrected chi connectivity index (χ3v) is 2.67. The van der Waals surface area contributed by atoms with Crippen LogP contribution in [0.5, 0.6) is 0 Å². The molecule has 5 heteroatoms. The lowest BCUT2D eigenvalue weighted by molar-refractivity contribution is 0.567. The second kappa shape index (κ2) is 7.17. The minimum absolute atomic E-state index is 0.541. The third-order valence-electron chi connectivity index (χ3n) is 2.67. The van der Waals surface area contributed by atoms with Gasteiger partial charge in [-0.1, -0.05) is 20.8 Å². The Bertz CT molecular complexity index is 340. The first-order valence-corrected chi connectivity index (χ1v) is 6.32. The second-order valence-electron chi connectivity index (χ2n) is 4.28. The molecule has 0 fully saturated rings. The average Bonchev–Trinajstić information content (AvgIpc) is 2.36. The highest BCUT2D eigenvalue weighted by atomic mass is 15.2. The monoisotopic (exact) mass is 237 g/mol. The maximum Gasteiger partial charge on any atom is 0.242 e. The predicted octanol–water partition coefficient (Wildman–Crippen LogP) is 1.26. The van der Waals surface area contributed by atoms with Gasteiger partial charge in [0.15, 0.2) is 0 Å². The molecule has 0 bridgehead atoms. The summed E-state index contributed by atoms with van der Waals surface area (Å²) in [4.78, 5) is 4.49. The molecule has 5 nitrogen and oxygen atoms in total. The van der Waals surface area contributed by atoms with Crippen molar-refractivity contribution >= 4 is 5.95 Å². The van der Waals surface area contributed by atoms with Crippen LogP contribution >= 0.6 is 0 Å². The van der Waals surface area contributed by atoms with Crippen LogP contribution in [0.2, 0.25) is 0 Å². The number of nitrogens with one attached hydrogen (secondary N) is 2. The second-order valence-corrected chi connectivity index (χ2v) is 4.28. The van der Waals surface area contributed by atoms with Crippen LogP contribution in [-0.2, 0) is 12.8 Å². The quantitative estimate of drug-likeness (QED) is 0.747. The number of aryl methyl sites for hydroxylation is 2. The van der Waals surface area contributed by atoms with Crippen molar-refractivity contribution in [3.8, 4) is 0 Å². The summed E-state index contributed by atoms with van der Waals surface area (Å²) in [5, 5.41) is 14.7. The lowest BCUT2D eigenvalue weighted by Crippen LogP contribution is -2.23. The summed E-state index contributed by atoms with van der Waals surface area (Å²) in [6.07, 6.45) is 1.79. The molecule has 1 aromatic heterocycles. The SMILES string of the molecule is CCc1nnc(NCC(C)CNC)nc1CC. The lowest BCUT2D eigenvalue weighted by atomic mass is 10.2. The van der Waals surface area contributed by atoms with Crippen molar-refractivity contribution < 1.29 is 0 Å². The van der Waals surface area contributed by atoms with Crippen LogP contribution in [0.1, 0.15) is 32.2 Å². The number of hydrogen-bond acceptors (Lipinski definition) is 5. The highest BCUT2D eigenvalue weighted by Gasteiger charge is 2.07. The van der Waals surface area contributed by atoms with E-state index in [1.54, 1.807) is 0 Å². The maximum absolute atomic E-state index is 4.49. The van der Waals surface area contributed by atoms with Crippen molar-refractivity contribution in [2.24, 2.45) is 5.92 Å². The normalized spacial score (nSPS) is 12.5. The van der Waals surface area contributed by atoms with Crippen molar-refractivity contribution in [3.05, 3.63) is 11.4 Å². The van der Waals surface area contributed by atoms with E-state index in [0.29, 0.717) is 11.9 Å². The van der Waals surface area contributed by atoms with Gasteiger partial charge in [-0.25, -0.2) is 4.98 Å². The predicted molar refractivity (Wildman–Crippen MR) is 70.2 cm³/mol. The number of nitrogens with zero attached hydrogens (tertiary/aromatic N) is 3. The summed E-state index contributed by atoms with van der Waals surface area (Å²) in [6, 6.07) is 0. The molecule has 0 spiro atoms. The van der Waals surface area contributed by atoms with E-state index in [1.807, 2.05) is 7.05 Å². The molecule has 0 saturated heterocycles. The van der Waals surface area contributed by atoms with Crippen LogP contribution in [0.4, 0.5) is 5.95 Å². The van der Waals surface area contributed by atoms with Gasteiger partial charge in [0.05, 0.1) is 11.4 Å². The fourth-order valence-corrected chi connectivity index (χ4v) is 1.70. The lowest BCUT2D eigenvalue weighted by Gasteiger charge is -2.12. The summed E-state index contributed by atoms with van der Waals surface area (Å²) in [7, 11) is 1.96. The van der Waals surface area contributed by atoms with Gasteiger partial charge in [0.1, 0.15) is 0 Å². The number of aromatic nitrogens is 3. The van der Waals surface area contributed by atoms with E-state index < -0.39 is 0 Å². The zero-order valence-corrected chi connectivity index (χ0v) is 11.2. The molecular formula is C12H23N5. The van der Waals surface area contributed by atoms with E-state index in [2.05, 4.69) is 46.6 Å². The molecule has 1 heterocycles. The Morgan fingerprint density at radius 1 is 1.06 bits per heavy atom. The van der Waals surface area contributed by atoms with Crippen molar-refractivity contribution in [2.75, 3.05) is 25.5 Å². The highest BCUT2D eigenvalue weighted by Crippen LogP contribution is 2.07. The molecule has 0 aromatic carbocycles. The fraction of sp³-hybridized carbons (Fsp3) is 0.750. The highest BCUT2D eigenvalue weighted by molar-refractivity contribution is 5.25. The zero-order valence-electron chi connectivity index (χ0n) is 11.2. The third kappa shape index (κ3) is 4.26. The van der Waals surface area contributed by atoms with Gasteiger partial charge in [-0.2, -0.15) is 5.10 Å². The summed E-state index contributed by atoms with van der Waals surface area (Å²) in [5.74, 6) is 1.18. The van der Waals surface area contributed by atoms with Gasteiger partial charge in [0.2, 0.25) is 5.95 Å². The van der Waals surface area contributed by atoms with Crippen molar-refractivity contribution in [1.82, 2.24) is 20.5 Å². The molecule has 96 valence electrons. The molecule has 1 atom stereocenters. The van der Waals surface area contributed by atoms with Gasteiger partial charge in [-0.3, -0.25) is 0 Å². The number of anilines is 1. The smallest absolute Gasteiger partial charge is 0.242 e. The van der Waals surface area contributed by atoms with Crippen LogP contribution in [-0.4, -0.2) is 35.3 Å². The Morgan fingerprint density at radius 2 is 1.76 bits per heavy atom. The first kappa shape index (κ1) is 13.8. The van der Waals surface area contributed by atoms with Crippen LogP contribution in [0.3, 0.4) is 0 Å². The van der Waals surface area contributed by atoms with Crippen molar-refractivity contribution in [1.29, 1.82) is 0 Å². The minimum Gasteiger partial charge on any atom is -0.353 e. The molecule has 0 radical (unpaired) electrons. The molecular weight excluding hydrogens is 214 g/mol. The molecule has 0 aliphatic carbocycles. The molecule has 0 amide bonds. The van der Waals surface area contributed by atoms with Crippen LogP contribution in [0.25, 0.3) is 0 Å². The summed E-state index contributed by atoms with van der Waals surface area (Å²) >= 11 is 0. The van der Waals surface area contributed by atoms with Gasteiger partial charge < -0.3 is 10.6 Å². The van der Waals surface area contributed by atoms with Gasteiger partial charge in [-0.15, -0.1) is 5.10 Å². The zero-order chi connectivity index (χ0) is 12.7. The van der Waals surface area contributed by atoms with E-state index in [9.17, 15) is 0 Å². The maximum atomic E-state index is 4.49. The number of rotatable bonds is 7. The Kier molecular flexibility index (Phi) is 5.83. The Labute approximate surface area is 103 Å². The van der Waals surface area contributed by atoms with Crippen LogP contribution < -0.4 is 10.6 Å². The van der Waals surface area contributed by atoms with E-state index in [0.717, 1.165) is 37.3 Å². The van der Waals surface area contributed by atoms with Crippen LogP contribution in [0.15, 0.2) is 0 Å². The number of hydrogen-bond donors (Lipinski definition) is 2. The van der Waals surface area contributed by atoms with E-state index >= 15 is 0 Å². The molecule has 1 aromatic rings. The fourth-order valence-electron chi connectivity index (χ4n) is 1.70. The Morgan fingerprint density at radius 3 is 2.35 bits per heavy atom. The molecule has 2 N–H and O–H groups in total. The van der Waals surface area contributed by atoms with Gasteiger partial charge >= 0.3 is 0 Å². The molecule has 17 heavy (non-hydrogen) atoms. The van der Waals surface area contributed by atoms with Gasteiger partial charge in [0, 0.05) is 6.54 Å². The summed E-state index contributed by atoms with van der Waals surface area (Å²) in [5.41, 5.74) is 2.05. The van der Waals surface area contributed by atoms with E-state index in [4.69, 9.17) is 0 Å². The summed E-state index contributed by atoms with van der Waals surface area (Å²) in [6.45, 7) is 8.19. The first-order valence-electron chi connectivity index (χ1n) is 6.32. The largest absolute Gasteiger partial charge is 0.353 e. The molecule has 0 saturated carbocycles. The Balaban J connectivity index is 2.60. The topological polar surface area (TPSA) is 62.7 Å². The van der Waals surface area contributed by atoms with Crippen molar-refractivity contribution in [2.45, 2.75) is 33.6 Å². The molecule has 1 unspecified atom stereocenters. The average molecular weight is 237 g/mol. The molecule has 0 aliphatic heterocycles. The van der Waals surface area contributed by atoms with Crippen molar-refractivity contribution in [3.63, 3.8) is 0 Å². The molecule has 0 aliphatic rings. The van der Waals surface area contributed by atoms with Gasteiger partial charge in [0.25, 0.3) is 0 Å².